The quantitative estimate of drug-likeness (QED) is 0.460. The zero-order chi connectivity index (χ0) is 5.98. The highest BCUT2D eigenvalue weighted by Gasteiger charge is 2.18. The molecule has 3 N–H and O–H groups in total. The summed E-state index contributed by atoms with van der Waals surface area (Å²) in [5.41, 5.74) is 4.98. The molecule has 1 atom stereocenters. The first-order valence-electron chi connectivity index (χ1n) is 2.65. The second-order valence-corrected chi connectivity index (χ2v) is 1.89. The lowest BCUT2D eigenvalue weighted by atomic mass is 10.2. The molecule has 0 spiro atoms. The SMILES string of the molecule is NC(=O)[C@@H]1C[CH]CN1. The Kier molecular flexibility index (Phi) is 1.48. The van der Waals surface area contributed by atoms with E-state index in [9.17, 15) is 4.79 Å². The minimum atomic E-state index is -0.251. The molecular weight excluding hydrogens is 104 g/mol. The predicted octanol–water partition coefficient (Wildman–Crippen LogP) is -0.962. The van der Waals surface area contributed by atoms with Crippen molar-refractivity contribution in [3.8, 4) is 0 Å². The Morgan fingerprint density at radius 1 is 1.88 bits per heavy atom. The molecule has 1 amide bonds. The van der Waals surface area contributed by atoms with E-state index in [0.29, 0.717) is 0 Å². The van der Waals surface area contributed by atoms with Gasteiger partial charge in [-0.2, -0.15) is 0 Å². The maximum atomic E-state index is 10.3. The number of hydrogen-bond acceptors (Lipinski definition) is 2. The second-order valence-electron chi connectivity index (χ2n) is 1.89. The highest BCUT2D eigenvalue weighted by Crippen LogP contribution is 2.01. The summed E-state index contributed by atoms with van der Waals surface area (Å²) >= 11 is 0. The van der Waals surface area contributed by atoms with E-state index < -0.39 is 0 Å². The Balaban J connectivity index is 2.35. The van der Waals surface area contributed by atoms with E-state index in [1.807, 2.05) is 6.42 Å². The molecule has 3 heteroatoms. The largest absolute Gasteiger partial charge is 0.368 e. The van der Waals surface area contributed by atoms with E-state index in [0.717, 1.165) is 13.0 Å². The molecule has 1 rings (SSSR count). The molecule has 8 heavy (non-hydrogen) atoms. The molecule has 0 unspecified atom stereocenters. The molecule has 45 valence electrons. The van der Waals surface area contributed by atoms with Crippen LogP contribution in [0.4, 0.5) is 0 Å². The summed E-state index contributed by atoms with van der Waals surface area (Å²) in [6.07, 6.45) is 2.80. The van der Waals surface area contributed by atoms with Crippen LogP contribution in [0.3, 0.4) is 0 Å². The number of carbonyl (C=O) groups excluding carboxylic acids is 1. The summed E-state index contributed by atoms with van der Waals surface area (Å²) < 4.78 is 0. The fraction of sp³-hybridized carbons (Fsp3) is 0.600. The van der Waals surface area contributed by atoms with Gasteiger partial charge in [0.1, 0.15) is 0 Å². The zero-order valence-electron chi connectivity index (χ0n) is 4.55. The first kappa shape index (κ1) is 5.56. The fourth-order valence-corrected chi connectivity index (χ4v) is 0.776. The molecule has 1 saturated heterocycles. The number of rotatable bonds is 1. The lowest BCUT2D eigenvalue weighted by Gasteiger charge is -2.01. The number of nitrogens with one attached hydrogen (secondary N) is 1. The molecule has 3 nitrogen and oxygen atoms in total. The minimum absolute atomic E-state index is 0.102. The summed E-state index contributed by atoms with van der Waals surface area (Å²) in [6, 6.07) is -0.102. The van der Waals surface area contributed by atoms with Crippen LogP contribution in [-0.2, 0) is 4.79 Å². The predicted molar refractivity (Wildman–Crippen MR) is 29.9 cm³/mol. The van der Waals surface area contributed by atoms with Gasteiger partial charge in [-0.05, 0) is 19.4 Å². The molecule has 0 saturated carbocycles. The Morgan fingerprint density at radius 3 is 2.88 bits per heavy atom. The highest BCUT2D eigenvalue weighted by molar-refractivity contribution is 5.80. The van der Waals surface area contributed by atoms with Gasteiger partial charge in [-0.25, -0.2) is 0 Å². The van der Waals surface area contributed by atoms with Crippen molar-refractivity contribution in [2.45, 2.75) is 12.5 Å². The molecule has 0 aromatic carbocycles. The van der Waals surface area contributed by atoms with Gasteiger partial charge in [-0.3, -0.25) is 4.79 Å². The summed E-state index contributed by atoms with van der Waals surface area (Å²) in [7, 11) is 0. The molecule has 1 aliphatic heterocycles. The summed E-state index contributed by atoms with van der Waals surface area (Å²) in [5.74, 6) is -0.251. The van der Waals surface area contributed by atoms with Gasteiger partial charge in [-0.1, -0.05) is 0 Å². The summed E-state index contributed by atoms with van der Waals surface area (Å²) in [5, 5.41) is 2.93. The minimum Gasteiger partial charge on any atom is -0.368 e. The maximum absolute atomic E-state index is 10.3. The smallest absolute Gasteiger partial charge is 0.234 e. The van der Waals surface area contributed by atoms with Crippen LogP contribution in [0.2, 0.25) is 0 Å². The average molecular weight is 113 g/mol. The van der Waals surface area contributed by atoms with Crippen molar-refractivity contribution in [1.29, 1.82) is 0 Å². The van der Waals surface area contributed by atoms with Crippen LogP contribution in [0.5, 0.6) is 0 Å². The molecule has 1 fully saturated rings. The Labute approximate surface area is 48.2 Å². The maximum Gasteiger partial charge on any atom is 0.234 e. The van der Waals surface area contributed by atoms with E-state index in [1.165, 1.54) is 0 Å². The molecular formula is C5H9N2O. The van der Waals surface area contributed by atoms with Crippen LogP contribution in [-0.4, -0.2) is 18.5 Å². The normalized spacial score (nSPS) is 28.2. The molecule has 0 aromatic heterocycles. The molecule has 1 radical (unpaired) electrons. The number of amides is 1. The van der Waals surface area contributed by atoms with Gasteiger partial charge in [0.25, 0.3) is 0 Å². The lowest BCUT2D eigenvalue weighted by Crippen LogP contribution is -2.36. The number of nitrogens with two attached hydrogens (primary N) is 1. The first-order chi connectivity index (χ1) is 3.80. The summed E-state index contributed by atoms with van der Waals surface area (Å²) in [4.78, 5) is 10.3. The van der Waals surface area contributed by atoms with Crippen molar-refractivity contribution in [2.75, 3.05) is 6.54 Å². The monoisotopic (exact) mass is 113 g/mol. The molecule has 1 heterocycles. The van der Waals surface area contributed by atoms with E-state index in [2.05, 4.69) is 5.32 Å². The van der Waals surface area contributed by atoms with Crippen LogP contribution in [0.15, 0.2) is 0 Å². The number of primary amides is 1. The van der Waals surface area contributed by atoms with Crippen LogP contribution in [0.1, 0.15) is 6.42 Å². The Morgan fingerprint density at radius 2 is 2.62 bits per heavy atom. The average Bonchev–Trinajstić information content (AvgIpc) is 2.12. The van der Waals surface area contributed by atoms with E-state index in [-0.39, 0.29) is 11.9 Å². The van der Waals surface area contributed by atoms with Crippen molar-refractivity contribution >= 4 is 5.91 Å². The topological polar surface area (TPSA) is 55.1 Å². The van der Waals surface area contributed by atoms with Crippen LogP contribution in [0.25, 0.3) is 0 Å². The third kappa shape index (κ3) is 0.980. The standard InChI is InChI=1S/C5H9N2O/c6-5(8)4-2-1-3-7-4/h1,4,7H,2-3H2,(H2,6,8)/t4-/m0/s1. The van der Waals surface area contributed by atoms with Gasteiger partial charge in [0, 0.05) is 0 Å². The Hall–Kier alpha value is -0.570. The van der Waals surface area contributed by atoms with Gasteiger partial charge in [0.2, 0.25) is 5.91 Å². The first-order valence-corrected chi connectivity index (χ1v) is 2.65. The Bertz CT molecular complexity index is 96.6. The third-order valence-corrected chi connectivity index (χ3v) is 1.25. The van der Waals surface area contributed by atoms with Crippen LogP contribution < -0.4 is 11.1 Å². The number of carbonyl (C=O) groups is 1. The van der Waals surface area contributed by atoms with Crippen molar-refractivity contribution in [3.05, 3.63) is 6.42 Å². The van der Waals surface area contributed by atoms with Crippen molar-refractivity contribution < 1.29 is 4.79 Å². The van der Waals surface area contributed by atoms with Crippen LogP contribution in [0, 0.1) is 6.42 Å². The van der Waals surface area contributed by atoms with Gasteiger partial charge in [-0.15, -0.1) is 0 Å². The van der Waals surface area contributed by atoms with E-state index >= 15 is 0 Å². The molecule has 0 bridgehead atoms. The van der Waals surface area contributed by atoms with Gasteiger partial charge in [0.15, 0.2) is 0 Å². The van der Waals surface area contributed by atoms with Gasteiger partial charge < -0.3 is 11.1 Å². The zero-order valence-corrected chi connectivity index (χ0v) is 4.55. The van der Waals surface area contributed by atoms with E-state index in [1.54, 1.807) is 0 Å². The molecule has 0 aliphatic carbocycles. The number of hydrogen-bond donors (Lipinski definition) is 2. The van der Waals surface area contributed by atoms with Gasteiger partial charge in [0.05, 0.1) is 6.04 Å². The molecule has 0 aromatic rings. The van der Waals surface area contributed by atoms with E-state index in [4.69, 9.17) is 5.73 Å². The fourth-order valence-electron chi connectivity index (χ4n) is 0.776. The molecule has 1 aliphatic rings. The highest BCUT2D eigenvalue weighted by atomic mass is 16.1. The summed E-state index contributed by atoms with van der Waals surface area (Å²) in [6.45, 7) is 0.813. The second kappa shape index (κ2) is 2.13. The van der Waals surface area contributed by atoms with Crippen molar-refractivity contribution in [1.82, 2.24) is 5.32 Å². The van der Waals surface area contributed by atoms with Crippen molar-refractivity contribution in [3.63, 3.8) is 0 Å². The van der Waals surface area contributed by atoms with Crippen molar-refractivity contribution in [2.24, 2.45) is 5.73 Å². The lowest BCUT2D eigenvalue weighted by molar-refractivity contribution is -0.119. The third-order valence-electron chi connectivity index (χ3n) is 1.25. The van der Waals surface area contributed by atoms with Gasteiger partial charge >= 0.3 is 0 Å². The van der Waals surface area contributed by atoms with Crippen LogP contribution >= 0.6 is 0 Å².